The molecule has 0 radical (unpaired) electrons. The third kappa shape index (κ3) is 3.70. The highest BCUT2D eigenvalue weighted by Crippen LogP contribution is 2.26. The van der Waals surface area contributed by atoms with E-state index in [0.29, 0.717) is 10.6 Å². The third-order valence-corrected chi connectivity index (χ3v) is 3.37. The molecule has 0 spiro atoms. The van der Waals surface area contributed by atoms with E-state index < -0.39 is 41.8 Å². The zero-order chi connectivity index (χ0) is 17.2. The number of hydrogen-bond donors (Lipinski definition) is 1. The lowest BCUT2D eigenvalue weighted by Crippen LogP contribution is -2.53. The monoisotopic (exact) mass is 334 g/mol. The Labute approximate surface area is 127 Å². The fraction of sp³-hybridized carbons (Fsp3) is 0.462. The van der Waals surface area contributed by atoms with Crippen LogP contribution in [0.1, 0.15) is 5.56 Å². The van der Waals surface area contributed by atoms with Gasteiger partial charge in [0.2, 0.25) is 5.91 Å². The summed E-state index contributed by atoms with van der Waals surface area (Å²) in [6.07, 6.45) is -3.78. The van der Waals surface area contributed by atoms with Gasteiger partial charge in [0.15, 0.2) is 6.04 Å². The number of aliphatic carboxylic acids is 1. The van der Waals surface area contributed by atoms with Crippen LogP contribution in [-0.2, 0) is 27.0 Å². The Kier molecular flexibility index (Phi) is 4.73. The van der Waals surface area contributed by atoms with E-state index in [4.69, 9.17) is 9.84 Å². The van der Waals surface area contributed by atoms with Gasteiger partial charge in [-0.2, -0.15) is 13.2 Å². The molecule has 1 aliphatic rings. The van der Waals surface area contributed by atoms with Crippen molar-refractivity contribution < 1.29 is 32.6 Å². The summed E-state index contributed by atoms with van der Waals surface area (Å²) >= 11 is 0. The average Bonchev–Trinajstić information content (AvgIpc) is 2.48. The number of halogens is 3. The number of hydrogen-bond acceptors (Lipinski definition) is 4. The maximum absolute atomic E-state index is 12.7. The molecule has 7 nitrogen and oxygen atoms in total. The molecule has 2 heterocycles. The molecule has 0 aliphatic carbocycles. The molecule has 1 fully saturated rings. The molecule has 1 aromatic rings. The van der Waals surface area contributed by atoms with Crippen molar-refractivity contribution in [1.82, 2.24) is 9.47 Å². The first kappa shape index (κ1) is 17.0. The second kappa shape index (κ2) is 6.41. The van der Waals surface area contributed by atoms with E-state index in [1.54, 1.807) is 0 Å². The number of carbonyl (C=O) groups excluding carboxylic acids is 1. The van der Waals surface area contributed by atoms with Gasteiger partial charge in [0.25, 0.3) is 5.56 Å². The minimum absolute atomic E-state index is 0.0104. The number of aromatic nitrogens is 1. The molecule has 0 bridgehead atoms. The normalized spacial score (nSPS) is 18.7. The maximum atomic E-state index is 12.7. The van der Waals surface area contributed by atoms with Gasteiger partial charge >= 0.3 is 12.1 Å². The molecular weight excluding hydrogens is 321 g/mol. The first-order valence-corrected chi connectivity index (χ1v) is 6.58. The van der Waals surface area contributed by atoms with E-state index in [0.717, 1.165) is 17.2 Å². The van der Waals surface area contributed by atoms with E-state index in [1.165, 1.54) is 0 Å². The van der Waals surface area contributed by atoms with Gasteiger partial charge in [0.1, 0.15) is 12.1 Å². The van der Waals surface area contributed by atoms with Crippen LogP contribution in [0.3, 0.4) is 0 Å². The van der Waals surface area contributed by atoms with Crippen LogP contribution in [0.5, 0.6) is 0 Å². The Morgan fingerprint density at radius 3 is 2.70 bits per heavy atom. The van der Waals surface area contributed by atoms with Crippen LogP contribution in [0.25, 0.3) is 0 Å². The highest BCUT2D eigenvalue weighted by atomic mass is 19.4. The number of pyridine rings is 1. The van der Waals surface area contributed by atoms with Crippen molar-refractivity contribution in [3.05, 3.63) is 34.2 Å². The van der Waals surface area contributed by atoms with Crippen LogP contribution in [0.4, 0.5) is 13.2 Å². The van der Waals surface area contributed by atoms with Gasteiger partial charge in [-0.3, -0.25) is 9.59 Å². The summed E-state index contributed by atoms with van der Waals surface area (Å²) in [5.41, 5.74) is -2.74. The van der Waals surface area contributed by atoms with Crippen molar-refractivity contribution in [2.24, 2.45) is 0 Å². The minimum Gasteiger partial charge on any atom is -0.480 e. The maximum Gasteiger partial charge on any atom is 0.421 e. The molecule has 0 aromatic carbocycles. The summed E-state index contributed by atoms with van der Waals surface area (Å²) in [6.45, 7) is -0.776. The van der Waals surface area contributed by atoms with Crippen molar-refractivity contribution in [3.63, 3.8) is 0 Å². The number of alkyl halides is 3. The quantitative estimate of drug-likeness (QED) is 0.852. The number of amides is 1. The molecule has 1 amide bonds. The average molecular weight is 334 g/mol. The molecule has 23 heavy (non-hydrogen) atoms. The van der Waals surface area contributed by atoms with Gasteiger partial charge in [-0.05, 0) is 12.1 Å². The van der Waals surface area contributed by atoms with Gasteiger partial charge in [-0.1, -0.05) is 0 Å². The molecular formula is C13H13F3N2O5. The van der Waals surface area contributed by atoms with Crippen molar-refractivity contribution in [2.75, 3.05) is 19.8 Å². The Hall–Kier alpha value is -2.36. The molecule has 1 atom stereocenters. The molecule has 10 heteroatoms. The number of carbonyl (C=O) groups is 2. The van der Waals surface area contributed by atoms with Gasteiger partial charge < -0.3 is 19.3 Å². The Morgan fingerprint density at radius 2 is 2.09 bits per heavy atom. The summed E-state index contributed by atoms with van der Waals surface area (Å²) in [4.78, 5) is 36.0. The summed E-state index contributed by atoms with van der Waals surface area (Å²) in [6, 6.07) is 0.404. The second-order valence-corrected chi connectivity index (χ2v) is 4.87. The summed E-state index contributed by atoms with van der Waals surface area (Å²) < 4.78 is 43.6. The zero-order valence-electron chi connectivity index (χ0n) is 11.7. The van der Waals surface area contributed by atoms with Crippen molar-refractivity contribution >= 4 is 11.9 Å². The number of carboxylic acids is 1. The van der Waals surface area contributed by atoms with Gasteiger partial charge in [-0.25, -0.2) is 4.79 Å². The molecule has 2 rings (SSSR count). The second-order valence-electron chi connectivity index (χ2n) is 4.87. The van der Waals surface area contributed by atoms with Crippen LogP contribution in [0.15, 0.2) is 23.1 Å². The number of ether oxygens (including phenoxy) is 1. The molecule has 0 unspecified atom stereocenters. The van der Waals surface area contributed by atoms with E-state index in [-0.39, 0.29) is 19.8 Å². The third-order valence-electron chi connectivity index (χ3n) is 3.37. The standard InChI is InChI=1S/C13H13F3N2O5/c14-13(15,16)8-2-1-3-17(11(8)20)6-10(19)18-4-5-23-7-9(18)12(21)22/h1-3,9H,4-7H2,(H,21,22)/t9-/m1/s1. The van der Waals surface area contributed by atoms with Crippen LogP contribution < -0.4 is 5.56 Å². The van der Waals surface area contributed by atoms with E-state index in [2.05, 4.69) is 0 Å². The Balaban J connectivity index is 2.23. The highest BCUT2D eigenvalue weighted by molar-refractivity contribution is 5.83. The number of rotatable bonds is 3. The number of morpholine rings is 1. The topological polar surface area (TPSA) is 88.8 Å². The first-order chi connectivity index (χ1) is 10.7. The number of carboxylic acid groups (broad SMARTS) is 1. The molecule has 1 saturated heterocycles. The molecule has 0 saturated carbocycles. The summed E-state index contributed by atoms with van der Waals surface area (Å²) in [7, 11) is 0. The van der Waals surface area contributed by atoms with E-state index in [9.17, 15) is 27.6 Å². The smallest absolute Gasteiger partial charge is 0.421 e. The first-order valence-electron chi connectivity index (χ1n) is 6.58. The zero-order valence-corrected chi connectivity index (χ0v) is 11.7. The minimum atomic E-state index is -4.83. The lowest BCUT2D eigenvalue weighted by atomic mass is 10.2. The van der Waals surface area contributed by atoms with E-state index >= 15 is 0 Å². The predicted molar refractivity (Wildman–Crippen MR) is 69.7 cm³/mol. The largest absolute Gasteiger partial charge is 0.480 e. The van der Waals surface area contributed by atoms with Crippen molar-refractivity contribution in [2.45, 2.75) is 18.8 Å². The molecule has 1 N–H and O–H groups in total. The van der Waals surface area contributed by atoms with Crippen LogP contribution >= 0.6 is 0 Å². The van der Waals surface area contributed by atoms with E-state index in [1.807, 2.05) is 0 Å². The molecule has 1 aliphatic heterocycles. The van der Waals surface area contributed by atoms with Gasteiger partial charge in [0, 0.05) is 12.7 Å². The lowest BCUT2D eigenvalue weighted by molar-refractivity contribution is -0.158. The SMILES string of the molecule is O=C(O)[C@H]1COCCN1C(=O)Cn1cccc(C(F)(F)F)c1=O. The lowest BCUT2D eigenvalue weighted by Gasteiger charge is -2.33. The molecule has 1 aromatic heterocycles. The van der Waals surface area contributed by atoms with Gasteiger partial charge in [-0.15, -0.1) is 0 Å². The summed E-state index contributed by atoms with van der Waals surface area (Å²) in [5.74, 6) is -2.04. The van der Waals surface area contributed by atoms with Crippen LogP contribution in [0, 0.1) is 0 Å². The fourth-order valence-electron chi connectivity index (χ4n) is 2.22. The van der Waals surface area contributed by atoms with Crippen molar-refractivity contribution in [1.29, 1.82) is 0 Å². The fourth-order valence-corrected chi connectivity index (χ4v) is 2.22. The predicted octanol–water partition coefficient (Wildman–Crippen LogP) is 0.179. The van der Waals surface area contributed by atoms with Gasteiger partial charge in [0.05, 0.1) is 13.2 Å². The Morgan fingerprint density at radius 1 is 1.39 bits per heavy atom. The summed E-state index contributed by atoms with van der Waals surface area (Å²) in [5, 5.41) is 9.04. The number of nitrogens with zero attached hydrogens (tertiary/aromatic N) is 2. The van der Waals surface area contributed by atoms with Crippen LogP contribution in [-0.4, -0.2) is 52.3 Å². The van der Waals surface area contributed by atoms with Crippen molar-refractivity contribution in [3.8, 4) is 0 Å². The molecule has 126 valence electrons. The highest BCUT2D eigenvalue weighted by Gasteiger charge is 2.35. The van der Waals surface area contributed by atoms with Crippen LogP contribution in [0.2, 0.25) is 0 Å². The Bertz CT molecular complexity index is 670.